The van der Waals surface area contributed by atoms with Crippen LogP contribution in [-0.4, -0.2) is 17.0 Å². The molecule has 3 aromatic carbocycles. The maximum absolute atomic E-state index is 12.1. The molecule has 0 aliphatic carbocycles. The Labute approximate surface area is 143 Å². The van der Waals surface area contributed by atoms with Crippen LogP contribution in [0.25, 0.3) is 21.9 Å². The van der Waals surface area contributed by atoms with Gasteiger partial charge in [-0.3, -0.25) is 4.79 Å². The smallest absolute Gasteiger partial charge is 0.280 e. The lowest BCUT2D eigenvalue weighted by atomic mass is 9.95. The van der Waals surface area contributed by atoms with Gasteiger partial charge in [-0.25, -0.2) is 0 Å². The number of phenols is 1. The molecule has 0 heterocycles. The van der Waals surface area contributed by atoms with E-state index in [4.69, 9.17) is 16.7 Å². The lowest BCUT2D eigenvalue weighted by molar-refractivity contribution is 0.100. The molecule has 0 spiro atoms. The highest BCUT2D eigenvalue weighted by Gasteiger charge is 2.12. The minimum atomic E-state index is -0.541. The molecule has 25 heavy (non-hydrogen) atoms. The topological polar surface area (TPSA) is 125 Å². The molecule has 3 rings (SSSR count). The number of amides is 1. The van der Waals surface area contributed by atoms with Crippen LogP contribution in [0.5, 0.6) is 5.75 Å². The van der Waals surface area contributed by atoms with Crippen molar-refractivity contribution in [1.29, 1.82) is 5.26 Å². The summed E-state index contributed by atoms with van der Waals surface area (Å²) in [4.78, 5) is 15.6. The van der Waals surface area contributed by atoms with Crippen LogP contribution in [0.3, 0.4) is 0 Å². The number of nitrogens with two attached hydrogens (primary N) is 2. The van der Waals surface area contributed by atoms with E-state index in [-0.39, 0.29) is 11.7 Å². The van der Waals surface area contributed by atoms with Crippen molar-refractivity contribution in [1.82, 2.24) is 0 Å². The van der Waals surface area contributed by atoms with E-state index >= 15 is 0 Å². The summed E-state index contributed by atoms with van der Waals surface area (Å²) in [6.07, 6.45) is 0. The normalized spacial score (nSPS) is 10.2. The van der Waals surface area contributed by atoms with E-state index in [1.807, 2.05) is 24.3 Å². The van der Waals surface area contributed by atoms with Crippen molar-refractivity contribution in [2.24, 2.45) is 16.5 Å². The number of nitrogens with zero attached hydrogens (tertiary/aromatic N) is 2. The molecule has 122 valence electrons. The molecule has 0 saturated heterocycles. The predicted octanol–water partition coefficient (Wildman–Crippen LogP) is 2.50. The van der Waals surface area contributed by atoms with E-state index in [1.54, 1.807) is 30.3 Å². The van der Waals surface area contributed by atoms with E-state index in [0.717, 1.165) is 16.3 Å². The summed E-state index contributed by atoms with van der Waals surface area (Å²) >= 11 is 0. The molecule has 0 unspecified atom stereocenters. The van der Waals surface area contributed by atoms with Crippen LogP contribution in [0.15, 0.2) is 59.6 Å². The second-order valence-corrected chi connectivity index (χ2v) is 5.43. The first-order chi connectivity index (χ1) is 12.0. The van der Waals surface area contributed by atoms with Crippen molar-refractivity contribution in [3.05, 3.63) is 65.7 Å². The Hall–Kier alpha value is -3.85. The van der Waals surface area contributed by atoms with Gasteiger partial charge in [-0.05, 0) is 46.7 Å². The second-order valence-electron chi connectivity index (χ2n) is 5.43. The quantitative estimate of drug-likeness (QED) is 0.491. The third kappa shape index (κ3) is 3.12. The van der Waals surface area contributed by atoms with Gasteiger partial charge in [0.1, 0.15) is 5.75 Å². The highest BCUT2D eigenvalue weighted by Crippen LogP contribution is 2.35. The number of hydrogen-bond acceptors (Lipinski definition) is 3. The summed E-state index contributed by atoms with van der Waals surface area (Å²) in [5, 5.41) is 20.8. The monoisotopic (exact) mass is 330 g/mol. The number of phenolic OH excluding ortho intramolecular Hbond substituents is 1. The predicted molar refractivity (Wildman–Crippen MR) is 95.9 cm³/mol. The Kier molecular flexibility index (Phi) is 4.06. The zero-order valence-electron chi connectivity index (χ0n) is 13.1. The fraction of sp³-hybridized carbons (Fsp3) is 0. The third-order valence-electron chi connectivity index (χ3n) is 3.78. The Morgan fingerprint density at radius 1 is 1.04 bits per heavy atom. The first kappa shape index (κ1) is 16.0. The minimum Gasteiger partial charge on any atom is -0.507 e. The maximum atomic E-state index is 12.1. The molecule has 0 atom stereocenters. The Bertz CT molecular complexity index is 1060. The molecule has 1 amide bonds. The number of guanidine groups is 1. The summed E-state index contributed by atoms with van der Waals surface area (Å²) < 4.78 is 0. The molecule has 3 aromatic rings. The molecular weight excluding hydrogens is 316 g/mol. The fourth-order valence-electron chi connectivity index (χ4n) is 2.65. The largest absolute Gasteiger partial charge is 0.507 e. The van der Waals surface area contributed by atoms with Crippen molar-refractivity contribution < 1.29 is 9.90 Å². The van der Waals surface area contributed by atoms with Gasteiger partial charge in [0, 0.05) is 11.1 Å². The summed E-state index contributed by atoms with van der Waals surface area (Å²) in [6.45, 7) is 0. The van der Waals surface area contributed by atoms with Gasteiger partial charge in [0.15, 0.2) is 5.96 Å². The number of aromatic hydroxyl groups is 1. The van der Waals surface area contributed by atoms with E-state index in [2.05, 4.69) is 4.99 Å². The van der Waals surface area contributed by atoms with Gasteiger partial charge in [-0.2, -0.15) is 10.3 Å². The number of benzene rings is 3. The Morgan fingerprint density at radius 3 is 2.52 bits per heavy atom. The molecule has 0 aromatic heterocycles. The number of nitriles is 1. The highest BCUT2D eigenvalue weighted by atomic mass is 16.3. The lowest BCUT2D eigenvalue weighted by Gasteiger charge is -2.10. The number of aliphatic imine (C=N–C) groups is 1. The number of hydrogen-bond donors (Lipinski definition) is 3. The van der Waals surface area contributed by atoms with Crippen LogP contribution in [-0.2, 0) is 0 Å². The second kappa shape index (κ2) is 6.34. The van der Waals surface area contributed by atoms with Crippen LogP contribution in [0.2, 0.25) is 0 Å². The molecule has 0 aliphatic heterocycles. The van der Waals surface area contributed by atoms with Crippen LogP contribution < -0.4 is 11.5 Å². The minimum absolute atomic E-state index is 0.00694. The van der Waals surface area contributed by atoms with Crippen LogP contribution >= 0.6 is 0 Å². The molecule has 0 saturated carbocycles. The van der Waals surface area contributed by atoms with Crippen LogP contribution in [0, 0.1) is 11.3 Å². The zero-order valence-corrected chi connectivity index (χ0v) is 13.1. The Balaban J connectivity index is 2.21. The summed E-state index contributed by atoms with van der Waals surface area (Å²) in [7, 11) is 0. The first-order valence-electron chi connectivity index (χ1n) is 7.40. The fourth-order valence-corrected chi connectivity index (χ4v) is 2.65. The maximum Gasteiger partial charge on any atom is 0.280 e. The van der Waals surface area contributed by atoms with Crippen molar-refractivity contribution in [2.45, 2.75) is 0 Å². The van der Waals surface area contributed by atoms with E-state index < -0.39 is 5.91 Å². The first-order valence-corrected chi connectivity index (χ1v) is 7.40. The number of carbonyl (C=O) groups is 1. The van der Waals surface area contributed by atoms with E-state index in [0.29, 0.717) is 16.7 Å². The van der Waals surface area contributed by atoms with E-state index in [1.165, 1.54) is 6.07 Å². The molecule has 0 bridgehead atoms. The molecule has 5 N–H and O–H groups in total. The van der Waals surface area contributed by atoms with E-state index in [9.17, 15) is 9.90 Å². The molecule has 0 radical (unpaired) electrons. The molecule has 6 heteroatoms. The van der Waals surface area contributed by atoms with Gasteiger partial charge in [0.2, 0.25) is 0 Å². The van der Waals surface area contributed by atoms with Crippen molar-refractivity contribution in [2.75, 3.05) is 0 Å². The third-order valence-corrected chi connectivity index (χ3v) is 3.78. The molecule has 6 nitrogen and oxygen atoms in total. The van der Waals surface area contributed by atoms with Crippen LogP contribution in [0.4, 0.5) is 0 Å². The van der Waals surface area contributed by atoms with Gasteiger partial charge in [0.05, 0.1) is 11.6 Å². The summed E-state index contributed by atoms with van der Waals surface area (Å²) in [5.41, 5.74) is 12.5. The number of rotatable bonds is 2. The highest BCUT2D eigenvalue weighted by molar-refractivity contribution is 6.06. The van der Waals surface area contributed by atoms with Gasteiger partial charge < -0.3 is 16.6 Å². The average Bonchev–Trinajstić information content (AvgIpc) is 2.60. The van der Waals surface area contributed by atoms with Gasteiger partial charge in [-0.1, -0.05) is 24.3 Å². The SMILES string of the molecule is N#Cc1ccc(-c2cccc3ccc(C(=O)N=C(N)N)cc23)c(O)c1. The van der Waals surface area contributed by atoms with Crippen LogP contribution in [0.1, 0.15) is 15.9 Å². The van der Waals surface area contributed by atoms with Gasteiger partial charge in [-0.15, -0.1) is 0 Å². The van der Waals surface area contributed by atoms with Gasteiger partial charge in [0.25, 0.3) is 5.91 Å². The van der Waals surface area contributed by atoms with Crippen molar-refractivity contribution in [3.8, 4) is 22.9 Å². The van der Waals surface area contributed by atoms with Crippen molar-refractivity contribution >= 4 is 22.6 Å². The van der Waals surface area contributed by atoms with Gasteiger partial charge >= 0.3 is 0 Å². The number of carbonyl (C=O) groups excluding carboxylic acids is 1. The zero-order chi connectivity index (χ0) is 18.0. The standard InChI is InChI=1S/C19H14N4O2/c20-10-11-4-7-15(17(24)8-11)14-3-1-2-12-5-6-13(9-16(12)14)18(25)23-19(21)22/h1-9,24H,(H4,21,22,23,25). The Morgan fingerprint density at radius 2 is 1.84 bits per heavy atom. The van der Waals surface area contributed by atoms with Crippen molar-refractivity contribution in [3.63, 3.8) is 0 Å². The molecule has 0 fully saturated rings. The summed E-state index contributed by atoms with van der Waals surface area (Å²) in [6, 6.07) is 17.4. The lowest BCUT2D eigenvalue weighted by Crippen LogP contribution is -2.24. The number of fused-ring (bicyclic) bond motifs is 1. The summed E-state index contributed by atoms with van der Waals surface area (Å²) in [5.74, 6) is -0.851. The molecular formula is C19H14N4O2. The average molecular weight is 330 g/mol. The molecule has 0 aliphatic rings.